The van der Waals surface area contributed by atoms with Crippen LogP contribution in [0.1, 0.15) is 32.4 Å². The fourth-order valence-electron chi connectivity index (χ4n) is 2.21. The number of aliphatic imine (C=N–C) groups is 1. The number of rotatable bonds is 7. The maximum absolute atomic E-state index is 5.53. The van der Waals surface area contributed by atoms with Crippen LogP contribution in [-0.2, 0) is 6.54 Å². The highest BCUT2D eigenvalue weighted by Gasteiger charge is 2.06. The average molecular weight is 314 g/mol. The summed E-state index contributed by atoms with van der Waals surface area (Å²) >= 11 is 0. The van der Waals surface area contributed by atoms with Crippen molar-refractivity contribution in [2.45, 2.75) is 33.2 Å². The van der Waals surface area contributed by atoms with Gasteiger partial charge in [0, 0.05) is 19.2 Å². The van der Waals surface area contributed by atoms with Gasteiger partial charge in [0.15, 0.2) is 5.96 Å². The van der Waals surface area contributed by atoms with Gasteiger partial charge in [-0.25, -0.2) is 4.98 Å². The summed E-state index contributed by atoms with van der Waals surface area (Å²) in [5.41, 5.74) is 1.84. The van der Waals surface area contributed by atoms with E-state index in [4.69, 9.17) is 4.42 Å². The van der Waals surface area contributed by atoms with E-state index in [1.165, 1.54) is 6.42 Å². The summed E-state index contributed by atoms with van der Waals surface area (Å²) in [5.74, 6) is 2.17. The molecule has 5 nitrogen and oxygen atoms in total. The Morgan fingerprint density at radius 3 is 2.70 bits per heavy atom. The van der Waals surface area contributed by atoms with Crippen LogP contribution in [0.25, 0.3) is 11.5 Å². The van der Waals surface area contributed by atoms with Crippen LogP contribution in [0.15, 0.2) is 46.0 Å². The van der Waals surface area contributed by atoms with E-state index in [9.17, 15) is 0 Å². The van der Waals surface area contributed by atoms with Gasteiger partial charge >= 0.3 is 0 Å². The van der Waals surface area contributed by atoms with Gasteiger partial charge in [0.25, 0.3) is 0 Å². The van der Waals surface area contributed by atoms with Crippen molar-refractivity contribution in [2.24, 2.45) is 10.9 Å². The molecule has 0 bridgehead atoms. The zero-order chi connectivity index (χ0) is 16.5. The monoisotopic (exact) mass is 314 g/mol. The summed E-state index contributed by atoms with van der Waals surface area (Å²) in [6, 6.07) is 9.89. The fourth-order valence-corrected chi connectivity index (χ4v) is 2.21. The van der Waals surface area contributed by atoms with E-state index < -0.39 is 0 Å². The van der Waals surface area contributed by atoms with Gasteiger partial charge in [0.2, 0.25) is 5.89 Å². The van der Waals surface area contributed by atoms with Crippen LogP contribution in [0.4, 0.5) is 0 Å². The third-order valence-corrected chi connectivity index (χ3v) is 3.48. The van der Waals surface area contributed by atoms with Crippen molar-refractivity contribution in [3.8, 4) is 11.5 Å². The standard InChI is InChI=1S/C18H26N4O/c1-14(2)8-7-11-20-18(19-3)21-12-16-13-23-17(22-16)15-9-5-4-6-10-15/h4-6,9-10,13-14H,7-8,11-12H2,1-3H3,(H2,19,20,21). The topological polar surface area (TPSA) is 62.5 Å². The molecule has 1 aromatic heterocycles. The van der Waals surface area contributed by atoms with Crippen LogP contribution in [0.2, 0.25) is 0 Å². The minimum Gasteiger partial charge on any atom is -0.444 e. The molecule has 0 aliphatic rings. The number of nitrogens with one attached hydrogen (secondary N) is 2. The van der Waals surface area contributed by atoms with Crippen molar-refractivity contribution in [1.82, 2.24) is 15.6 Å². The van der Waals surface area contributed by atoms with Crippen LogP contribution < -0.4 is 10.6 Å². The lowest BCUT2D eigenvalue weighted by atomic mass is 10.1. The first-order valence-electron chi connectivity index (χ1n) is 8.13. The van der Waals surface area contributed by atoms with Gasteiger partial charge in [-0.05, 0) is 30.9 Å². The van der Waals surface area contributed by atoms with E-state index in [2.05, 4.69) is 34.5 Å². The van der Waals surface area contributed by atoms with Crippen LogP contribution in [0, 0.1) is 5.92 Å². The zero-order valence-corrected chi connectivity index (χ0v) is 14.2. The quantitative estimate of drug-likeness (QED) is 0.467. The van der Waals surface area contributed by atoms with Gasteiger partial charge in [0.05, 0.1) is 12.2 Å². The minimum atomic E-state index is 0.584. The molecule has 0 aliphatic heterocycles. The van der Waals surface area contributed by atoms with Crippen molar-refractivity contribution in [3.63, 3.8) is 0 Å². The van der Waals surface area contributed by atoms with E-state index >= 15 is 0 Å². The van der Waals surface area contributed by atoms with E-state index in [1.807, 2.05) is 30.3 Å². The predicted octanol–water partition coefficient (Wildman–Crippen LogP) is 3.44. The van der Waals surface area contributed by atoms with E-state index in [-0.39, 0.29) is 0 Å². The molecule has 5 heteroatoms. The molecule has 0 saturated carbocycles. The Balaban J connectivity index is 1.79. The molecule has 2 rings (SSSR count). The van der Waals surface area contributed by atoms with Gasteiger partial charge in [-0.3, -0.25) is 4.99 Å². The lowest BCUT2D eigenvalue weighted by Crippen LogP contribution is -2.37. The van der Waals surface area contributed by atoms with E-state index in [0.29, 0.717) is 12.4 Å². The predicted molar refractivity (Wildman–Crippen MR) is 94.2 cm³/mol. The van der Waals surface area contributed by atoms with Crippen molar-refractivity contribution in [2.75, 3.05) is 13.6 Å². The Hall–Kier alpha value is -2.30. The molecule has 23 heavy (non-hydrogen) atoms. The van der Waals surface area contributed by atoms with E-state index in [0.717, 1.165) is 36.1 Å². The van der Waals surface area contributed by atoms with E-state index in [1.54, 1.807) is 13.3 Å². The first-order valence-corrected chi connectivity index (χ1v) is 8.13. The second kappa shape index (κ2) is 8.98. The Labute approximate surface area is 138 Å². The smallest absolute Gasteiger partial charge is 0.226 e. The summed E-state index contributed by atoms with van der Waals surface area (Å²) in [6.07, 6.45) is 4.04. The van der Waals surface area contributed by atoms with Crippen LogP contribution in [0.5, 0.6) is 0 Å². The number of guanidine groups is 1. The molecule has 0 fully saturated rings. The highest BCUT2D eigenvalue weighted by molar-refractivity contribution is 5.79. The number of hydrogen-bond donors (Lipinski definition) is 2. The molecule has 124 valence electrons. The SMILES string of the molecule is CN=C(NCCCC(C)C)NCc1coc(-c2ccccc2)n1. The van der Waals surface area contributed by atoms with Crippen LogP contribution in [-0.4, -0.2) is 24.5 Å². The molecule has 0 amide bonds. The number of oxazole rings is 1. The second-order valence-corrected chi connectivity index (χ2v) is 5.90. The van der Waals surface area contributed by atoms with Crippen molar-refractivity contribution in [3.05, 3.63) is 42.3 Å². The summed E-state index contributed by atoms with van der Waals surface area (Å²) in [5, 5.41) is 6.57. The zero-order valence-electron chi connectivity index (χ0n) is 14.2. The maximum atomic E-state index is 5.53. The normalized spacial score (nSPS) is 11.7. The molecule has 1 heterocycles. The average Bonchev–Trinajstić information content (AvgIpc) is 3.04. The van der Waals surface area contributed by atoms with Gasteiger partial charge in [0.1, 0.15) is 6.26 Å². The minimum absolute atomic E-state index is 0.584. The molecular weight excluding hydrogens is 288 g/mol. The van der Waals surface area contributed by atoms with Crippen LogP contribution >= 0.6 is 0 Å². The number of nitrogens with zero attached hydrogens (tertiary/aromatic N) is 2. The molecule has 0 aliphatic carbocycles. The second-order valence-electron chi connectivity index (χ2n) is 5.90. The Morgan fingerprint density at radius 2 is 2.00 bits per heavy atom. The third kappa shape index (κ3) is 5.77. The Morgan fingerprint density at radius 1 is 1.22 bits per heavy atom. The van der Waals surface area contributed by atoms with Gasteiger partial charge in [-0.15, -0.1) is 0 Å². The molecule has 2 N–H and O–H groups in total. The lowest BCUT2D eigenvalue weighted by molar-refractivity contribution is 0.549. The summed E-state index contributed by atoms with van der Waals surface area (Å²) in [6.45, 7) is 5.98. The lowest BCUT2D eigenvalue weighted by Gasteiger charge is -2.11. The number of benzene rings is 1. The van der Waals surface area contributed by atoms with Crippen molar-refractivity contribution >= 4 is 5.96 Å². The molecule has 0 unspecified atom stereocenters. The number of aromatic nitrogens is 1. The first kappa shape index (κ1) is 17.1. The summed E-state index contributed by atoms with van der Waals surface area (Å²) in [7, 11) is 1.77. The Bertz CT molecular complexity index is 604. The molecular formula is C18H26N4O. The largest absolute Gasteiger partial charge is 0.444 e. The van der Waals surface area contributed by atoms with Crippen molar-refractivity contribution in [1.29, 1.82) is 0 Å². The summed E-state index contributed by atoms with van der Waals surface area (Å²) in [4.78, 5) is 8.72. The van der Waals surface area contributed by atoms with Gasteiger partial charge in [-0.1, -0.05) is 32.0 Å². The third-order valence-electron chi connectivity index (χ3n) is 3.48. The van der Waals surface area contributed by atoms with Crippen LogP contribution in [0.3, 0.4) is 0 Å². The first-order chi connectivity index (χ1) is 11.2. The molecule has 2 aromatic rings. The fraction of sp³-hybridized carbons (Fsp3) is 0.444. The Kier molecular flexibility index (Phi) is 6.66. The van der Waals surface area contributed by atoms with Gasteiger partial charge in [-0.2, -0.15) is 0 Å². The van der Waals surface area contributed by atoms with Crippen molar-refractivity contribution < 1.29 is 4.42 Å². The molecule has 0 radical (unpaired) electrons. The van der Waals surface area contributed by atoms with Gasteiger partial charge < -0.3 is 15.1 Å². The molecule has 1 aromatic carbocycles. The summed E-state index contributed by atoms with van der Waals surface area (Å²) < 4.78 is 5.53. The molecule has 0 atom stereocenters. The molecule has 0 spiro atoms. The molecule has 0 saturated heterocycles. The number of hydrogen-bond acceptors (Lipinski definition) is 3. The maximum Gasteiger partial charge on any atom is 0.226 e. The highest BCUT2D eigenvalue weighted by atomic mass is 16.3. The highest BCUT2D eigenvalue weighted by Crippen LogP contribution is 2.17.